The second kappa shape index (κ2) is 13.1. The van der Waals surface area contributed by atoms with Crippen LogP contribution in [0.4, 0.5) is 0 Å². The van der Waals surface area contributed by atoms with Gasteiger partial charge in [-0.3, -0.25) is 24.0 Å². The molecule has 0 rings (SSSR count). The van der Waals surface area contributed by atoms with E-state index in [1.54, 1.807) is 13.8 Å². The second-order valence-corrected chi connectivity index (χ2v) is 7.21. The van der Waals surface area contributed by atoms with Crippen LogP contribution in [0, 0.1) is 5.92 Å². The van der Waals surface area contributed by atoms with Crippen LogP contribution in [0.15, 0.2) is 0 Å². The number of carbonyl (C=O) groups excluding carboxylic acids is 4. The van der Waals surface area contributed by atoms with Crippen LogP contribution < -0.4 is 27.4 Å². The lowest BCUT2D eigenvalue weighted by Crippen LogP contribution is -2.58. The van der Waals surface area contributed by atoms with Gasteiger partial charge in [0.25, 0.3) is 0 Å². The van der Waals surface area contributed by atoms with Crippen molar-refractivity contribution >= 4 is 35.6 Å². The van der Waals surface area contributed by atoms with Crippen molar-refractivity contribution in [3.05, 3.63) is 0 Å². The fraction of sp³-hybridized carbons (Fsp3) is 0.647. The molecule has 10 N–H and O–H groups in total. The zero-order valence-electron chi connectivity index (χ0n) is 17.2. The number of nitrogens with one attached hydrogen (secondary N) is 3. The molecule has 0 heterocycles. The maximum Gasteiger partial charge on any atom is 0.326 e. The van der Waals surface area contributed by atoms with E-state index in [1.807, 2.05) is 0 Å². The molecule has 4 atom stereocenters. The number of carbonyl (C=O) groups is 6. The van der Waals surface area contributed by atoms with Crippen molar-refractivity contribution in [2.45, 2.75) is 57.3 Å². The molecule has 4 amide bonds. The van der Waals surface area contributed by atoms with Gasteiger partial charge in [0.05, 0.1) is 25.5 Å². The molecule has 0 saturated heterocycles. The molecule has 0 spiro atoms. The van der Waals surface area contributed by atoms with Crippen molar-refractivity contribution in [3.63, 3.8) is 0 Å². The predicted octanol–water partition coefficient (Wildman–Crippen LogP) is -3.76. The zero-order chi connectivity index (χ0) is 24.3. The molecule has 0 aliphatic carbocycles. The van der Waals surface area contributed by atoms with Crippen molar-refractivity contribution in [2.75, 3.05) is 6.61 Å². The second-order valence-electron chi connectivity index (χ2n) is 7.21. The fourth-order valence-corrected chi connectivity index (χ4v) is 2.40. The number of primary amides is 1. The number of aliphatic hydroxyl groups excluding tert-OH is 1. The first-order valence-electron chi connectivity index (χ1n) is 9.28. The Morgan fingerprint density at radius 2 is 1.29 bits per heavy atom. The number of hydrogen-bond donors (Lipinski definition) is 8. The molecular weight excluding hydrogens is 418 g/mol. The van der Waals surface area contributed by atoms with Gasteiger partial charge in [-0.1, -0.05) is 13.8 Å². The highest BCUT2D eigenvalue weighted by atomic mass is 16.4. The normalized spacial score (nSPS) is 14.6. The first-order valence-corrected chi connectivity index (χ1v) is 9.28. The first kappa shape index (κ1) is 27.7. The van der Waals surface area contributed by atoms with Crippen molar-refractivity contribution in [1.29, 1.82) is 0 Å². The SMILES string of the molecule is CC(C)CC(NC(=O)C(CO)NC(=O)C(N)CC(=O)O)C(=O)NC(CC(N)=O)C(=O)O. The molecular formula is C17H29N5O9. The molecule has 0 aromatic carbocycles. The summed E-state index contributed by atoms with van der Waals surface area (Å²) in [6, 6.07) is -5.89. The Balaban J connectivity index is 5.29. The highest BCUT2D eigenvalue weighted by Crippen LogP contribution is 2.07. The highest BCUT2D eigenvalue weighted by molar-refractivity contribution is 5.95. The Labute approximate surface area is 177 Å². The third-order valence-electron chi connectivity index (χ3n) is 3.91. The van der Waals surface area contributed by atoms with Gasteiger partial charge in [0.15, 0.2) is 0 Å². The smallest absolute Gasteiger partial charge is 0.326 e. The first-order chi connectivity index (χ1) is 14.3. The van der Waals surface area contributed by atoms with Gasteiger partial charge < -0.3 is 42.7 Å². The minimum atomic E-state index is -1.61. The van der Waals surface area contributed by atoms with E-state index in [-0.39, 0.29) is 12.3 Å². The quantitative estimate of drug-likeness (QED) is 0.129. The van der Waals surface area contributed by atoms with Gasteiger partial charge in [-0.2, -0.15) is 0 Å². The molecule has 14 nitrogen and oxygen atoms in total. The van der Waals surface area contributed by atoms with E-state index < -0.39 is 79.2 Å². The Bertz CT molecular complexity index is 697. The Morgan fingerprint density at radius 1 is 0.806 bits per heavy atom. The van der Waals surface area contributed by atoms with E-state index in [4.69, 9.17) is 21.7 Å². The zero-order valence-corrected chi connectivity index (χ0v) is 17.2. The van der Waals surface area contributed by atoms with Crippen molar-refractivity contribution in [3.8, 4) is 0 Å². The number of rotatable bonds is 14. The molecule has 0 radical (unpaired) electrons. The highest BCUT2D eigenvalue weighted by Gasteiger charge is 2.31. The Kier molecular flexibility index (Phi) is 11.7. The van der Waals surface area contributed by atoms with Crippen LogP contribution in [0.1, 0.15) is 33.1 Å². The monoisotopic (exact) mass is 447 g/mol. The number of nitrogens with two attached hydrogens (primary N) is 2. The fourth-order valence-electron chi connectivity index (χ4n) is 2.40. The van der Waals surface area contributed by atoms with Gasteiger partial charge in [0, 0.05) is 0 Å². The maximum absolute atomic E-state index is 12.5. The van der Waals surface area contributed by atoms with Gasteiger partial charge in [-0.05, 0) is 12.3 Å². The molecule has 4 unspecified atom stereocenters. The van der Waals surface area contributed by atoms with E-state index in [1.165, 1.54) is 0 Å². The van der Waals surface area contributed by atoms with Crippen LogP contribution >= 0.6 is 0 Å². The molecule has 0 bridgehead atoms. The summed E-state index contributed by atoms with van der Waals surface area (Å²) in [5, 5.41) is 33.6. The van der Waals surface area contributed by atoms with Crippen LogP contribution in [0.25, 0.3) is 0 Å². The molecule has 0 aromatic rings. The molecule has 31 heavy (non-hydrogen) atoms. The van der Waals surface area contributed by atoms with Gasteiger partial charge in [-0.15, -0.1) is 0 Å². The number of aliphatic carboxylic acids is 2. The average molecular weight is 447 g/mol. The molecule has 0 aliphatic heterocycles. The number of carboxylic acid groups (broad SMARTS) is 2. The molecule has 14 heteroatoms. The summed E-state index contributed by atoms with van der Waals surface area (Å²) in [6.45, 7) is 2.56. The molecule has 0 aromatic heterocycles. The average Bonchev–Trinajstić information content (AvgIpc) is 2.62. The summed E-state index contributed by atoms with van der Waals surface area (Å²) in [7, 11) is 0. The minimum Gasteiger partial charge on any atom is -0.481 e. The summed E-state index contributed by atoms with van der Waals surface area (Å²) in [5.41, 5.74) is 10.4. The van der Waals surface area contributed by atoms with Gasteiger partial charge in [0.1, 0.15) is 18.1 Å². The number of carboxylic acids is 2. The third-order valence-corrected chi connectivity index (χ3v) is 3.91. The van der Waals surface area contributed by atoms with E-state index in [0.29, 0.717) is 0 Å². The lowest BCUT2D eigenvalue weighted by atomic mass is 10.0. The lowest BCUT2D eigenvalue weighted by molar-refractivity contribution is -0.144. The van der Waals surface area contributed by atoms with Crippen LogP contribution in [-0.2, 0) is 28.8 Å². The maximum atomic E-state index is 12.5. The summed E-state index contributed by atoms with van der Waals surface area (Å²) >= 11 is 0. The summed E-state index contributed by atoms with van der Waals surface area (Å²) in [5.74, 6) is -6.85. The minimum absolute atomic E-state index is 0.0606. The van der Waals surface area contributed by atoms with E-state index in [9.17, 15) is 33.9 Å². The Morgan fingerprint density at radius 3 is 1.71 bits per heavy atom. The van der Waals surface area contributed by atoms with Gasteiger partial charge in [-0.25, -0.2) is 4.79 Å². The van der Waals surface area contributed by atoms with Crippen molar-refractivity contribution in [1.82, 2.24) is 16.0 Å². The van der Waals surface area contributed by atoms with Crippen molar-refractivity contribution < 1.29 is 44.1 Å². The molecule has 176 valence electrons. The largest absolute Gasteiger partial charge is 0.481 e. The standard InChI is InChI=1S/C17H29N5O9/c1-7(2)3-9(15(28)21-10(17(30)31)5-12(19)24)20-16(29)11(6-23)22-14(27)8(18)4-13(25)26/h7-11,23H,3-6,18H2,1-2H3,(H2,19,24)(H,20,29)(H,21,28)(H,22,27)(H,25,26)(H,30,31). The molecule has 0 aliphatic rings. The van der Waals surface area contributed by atoms with Crippen LogP contribution in [0.2, 0.25) is 0 Å². The van der Waals surface area contributed by atoms with Crippen LogP contribution in [0.5, 0.6) is 0 Å². The molecule has 0 saturated carbocycles. The van der Waals surface area contributed by atoms with Gasteiger partial charge >= 0.3 is 11.9 Å². The van der Waals surface area contributed by atoms with Crippen LogP contribution in [-0.4, -0.2) is 81.7 Å². The topological polar surface area (TPSA) is 251 Å². The predicted molar refractivity (Wildman–Crippen MR) is 104 cm³/mol. The van der Waals surface area contributed by atoms with E-state index >= 15 is 0 Å². The number of amides is 4. The summed E-state index contributed by atoms with van der Waals surface area (Å²) < 4.78 is 0. The van der Waals surface area contributed by atoms with Crippen molar-refractivity contribution in [2.24, 2.45) is 17.4 Å². The van der Waals surface area contributed by atoms with Crippen LogP contribution in [0.3, 0.4) is 0 Å². The van der Waals surface area contributed by atoms with E-state index in [2.05, 4.69) is 16.0 Å². The summed E-state index contributed by atoms with van der Waals surface area (Å²) in [4.78, 5) is 69.7. The van der Waals surface area contributed by atoms with Gasteiger partial charge in [0.2, 0.25) is 23.6 Å². The lowest BCUT2D eigenvalue weighted by Gasteiger charge is -2.25. The Hall–Kier alpha value is -3.26. The number of hydrogen-bond acceptors (Lipinski definition) is 8. The number of aliphatic hydroxyl groups is 1. The van der Waals surface area contributed by atoms with E-state index in [0.717, 1.165) is 0 Å². The third kappa shape index (κ3) is 10.9. The molecule has 0 fully saturated rings. The summed E-state index contributed by atoms with van der Waals surface area (Å²) in [6.07, 6.45) is -1.31.